The second-order valence-corrected chi connectivity index (χ2v) is 9.66. The van der Waals surface area contributed by atoms with Crippen LogP contribution in [0.1, 0.15) is 50.2 Å². The Morgan fingerprint density at radius 2 is 1.69 bits per heavy atom. The number of benzene rings is 2. The molecular formula is C28H35F2N3O3. The number of anilines is 1. The van der Waals surface area contributed by atoms with Crippen molar-refractivity contribution in [3.05, 3.63) is 65.2 Å². The number of hydrogen-bond donors (Lipinski definition) is 0. The number of rotatable bonds is 5. The zero-order valence-electron chi connectivity index (χ0n) is 21.1. The number of ether oxygens (including phenoxy) is 1. The molecule has 4 rings (SSSR count). The van der Waals surface area contributed by atoms with E-state index in [1.807, 2.05) is 45.9 Å². The van der Waals surface area contributed by atoms with E-state index in [0.717, 1.165) is 30.5 Å². The molecule has 2 aliphatic rings. The van der Waals surface area contributed by atoms with E-state index in [2.05, 4.69) is 0 Å². The van der Waals surface area contributed by atoms with Crippen LogP contribution >= 0.6 is 0 Å². The van der Waals surface area contributed by atoms with Crippen molar-refractivity contribution in [1.82, 2.24) is 9.80 Å². The molecular weight excluding hydrogens is 464 g/mol. The van der Waals surface area contributed by atoms with E-state index in [4.69, 9.17) is 4.74 Å². The van der Waals surface area contributed by atoms with Crippen LogP contribution in [0.15, 0.2) is 42.5 Å². The Morgan fingerprint density at radius 3 is 2.42 bits per heavy atom. The van der Waals surface area contributed by atoms with Gasteiger partial charge in [-0.2, -0.15) is 0 Å². The molecule has 1 saturated heterocycles. The smallest absolute Gasteiger partial charge is 0.249 e. The topological polar surface area (TPSA) is 53.1 Å². The number of amides is 2. The number of nitrogens with zero attached hydrogens (tertiary/aromatic N) is 3. The van der Waals surface area contributed by atoms with Crippen molar-refractivity contribution in [2.75, 3.05) is 31.7 Å². The number of hydrogen-bond acceptors (Lipinski definition) is 4. The average Bonchev–Trinajstić information content (AvgIpc) is 2.88. The van der Waals surface area contributed by atoms with Crippen LogP contribution in [-0.2, 0) is 27.4 Å². The number of methoxy groups -OCH3 is 1. The van der Waals surface area contributed by atoms with Gasteiger partial charge in [0.2, 0.25) is 11.8 Å². The number of piperidine rings is 1. The third kappa shape index (κ3) is 5.76. The summed E-state index contributed by atoms with van der Waals surface area (Å²) in [7, 11) is 1.51. The second-order valence-electron chi connectivity index (χ2n) is 9.66. The van der Waals surface area contributed by atoms with Gasteiger partial charge in [0.05, 0.1) is 0 Å². The van der Waals surface area contributed by atoms with Crippen molar-refractivity contribution in [1.29, 1.82) is 0 Å². The van der Waals surface area contributed by atoms with E-state index < -0.39 is 11.6 Å². The Labute approximate surface area is 211 Å². The first kappa shape index (κ1) is 26.2. The SMILES string of the molecule is CCC(=O)N1CCC2CCCC(CN(Cc3c(F)cccc3F)Cc3ccccc31)N2C(=O)COC. The molecule has 0 N–H and O–H groups in total. The Hall–Kier alpha value is -2.84. The minimum Gasteiger partial charge on any atom is -0.375 e. The lowest BCUT2D eigenvalue weighted by molar-refractivity contribution is -0.143. The fourth-order valence-electron chi connectivity index (χ4n) is 5.62. The number of para-hydroxylation sites is 1. The first-order valence-electron chi connectivity index (χ1n) is 12.8. The van der Waals surface area contributed by atoms with Crippen LogP contribution in [0.4, 0.5) is 14.5 Å². The van der Waals surface area contributed by atoms with Crippen LogP contribution in [0, 0.1) is 11.6 Å². The van der Waals surface area contributed by atoms with E-state index in [0.29, 0.717) is 32.5 Å². The summed E-state index contributed by atoms with van der Waals surface area (Å²) in [5.41, 5.74) is 1.74. The van der Waals surface area contributed by atoms with Gasteiger partial charge in [-0.15, -0.1) is 0 Å². The summed E-state index contributed by atoms with van der Waals surface area (Å²) in [6.45, 7) is 3.24. The third-order valence-corrected chi connectivity index (χ3v) is 7.30. The van der Waals surface area contributed by atoms with Gasteiger partial charge in [-0.25, -0.2) is 8.78 Å². The zero-order chi connectivity index (χ0) is 25.7. The fourth-order valence-corrected chi connectivity index (χ4v) is 5.62. The molecule has 1 fully saturated rings. The molecule has 2 aliphatic heterocycles. The van der Waals surface area contributed by atoms with Crippen molar-refractivity contribution < 1.29 is 23.1 Å². The van der Waals surface area contributed by atoms with Gasteiger partial charge in [-0.1, -0.05) is 31.2 Å². The molecule has 0 saturated carbocycles. The molecule has 2 amide bonds. The Bertz CT molecular complexity index is 1060. The quantitative estimate of drug-likeness (QED) is 0.608. The largest absolute Gasteiger partial charge is 0.375 e. The molecule has 0 radical (unpaired) electrons. The molecule has 2 atom stereocenters. The van der Waals surface area contributed by atoms with Gasteiger partial charge in [-0.3, -0.25) is 14.5 Å². The first-order chi connectivity index (χ1) is 17.4. The van der Waals surface area contributed by atoms with Gasteiger partial charge in [0, 0.05) is 63.0 Å². The highest BCUT2D eigenvalue weighted by atomic mass is 19.1. The summed E-state index contributed by atoms with van der Waals surface area (Å²) in [5, 5.41) is 0. The van der Waals surface area contributed by atoms with Gasteiger partial charge in [0.25, 0.3) is 0 Å². The normalized spacial score (nSPS) is 21.0. The van der Waals surface area contributed by atoms with Crippen LogP contribution < -0.4 is 4.90 Å². The molecule has 0 spiro atoms. The predicted octanol–water partition coefficient (Wildman–Crippen LogP) is 4.51. The summed E-state index contributed by atoms with van der Waals surface area (Å²) in [6.07, 6.45) is 3.62. The van der Waals surface area contributed by atoms with Crippen molar-refractivity contribution in [2.24, 2.45) is 0 Å². The average molecular weight is 500 g/mol. The summed E-state index contributed by atoms with van der Waals surface area (Å²) in [6, 6.07) is 11.5. The summed E-state index contributed by atoms with van der Waals surface area (Å²) in [4.78, 5) is 32.0. The van der Waals surface area contributed by atoms with Gasteiger partial charge in [0.15, 0.2) is 0 Å². The Kier molecular flexibility index (Phi) is 8.69. The molecule has 2 heterocycles. The lowest BCUT2D eigenvalue weighted by Crippen LogP contribution is -2.55. The van der Waals surface area contributed by atoms with Gasteiger partial charge < -0.3 is 14.5 Å². The van der Waals surface area contributed by atoms with Crippen LogP contribution in [-0.4, -0.2) is 60.5 Å². The highest BCUT2D eigenvalue weighted by molar-refractivity contribution is 5.94. The van der Waals surface area contributed by atoms with Crippen LogP contribution in [0.2, 0.25) is 0 Å². The Balaban J connectivity index is 1.78. The van der Waals surface area contributed by atoms with Crippen molar-refractivity contribution >= 4 is 17.5 Å². The lowest BCUT2D eigenvalue weighted by Gasteiger charge is -2.44. The number of halogens is 2. The van der Waals surface area contributed by atoms with Crippen molar-refractivity contribution in [3.63, 3.8) is 0 Å². The van der Waals surface area contributed by atoms with Crippen LogP contribution in [0.3, 0.4) is 0 Å². The lowest BCUT2D eigenvalue weighted by atomic mass is 9.92. The van der Waals surface area contributed by atoms with Crippen LogP contribution in [0.25, 0.3) is 0 Å². The summed E-state index contributed by atoms with van der Waals surface area (Å²) >= 11 is 0. The maximum atomic E-state index is 14.7. The molecule has 2 bridgehead atoms. The molecule has 2 unspecified atom stereocenters. The summed E-state index contributed by atoms with van der Waals surface area (Å²) < 4.78 is 34.5. The van der Waals surface area contributed by atoms with Crippen molar-refractivity contribution in [2.45, 2.75) is 64.2 Å². The van der Waals surface area contributed by atoms with E-state index in [-0.39, 0.29) is 42.6 Å². The first-order valence-corrected chi connectivity index (χ1v) is 12.8. The Morgan fingerprint density at radius 1 is 0.972 bits per heavy atom. The zero-order valence-corrected chi connectivity index (χ0v) is 21.1. The number of fused-ring (bicyclic) bond motifs is 3. The molecule has 194 valence electrons. The molecule has 2 aromatic rings. The van der Waals surface area contributed by atoms with E-state index >= 15 is 0 Å². The molecule has 6 nitrogen and oxygen atoms in total. The molecule has 8 heteroatoms. The highest BCUT2D eigenvalue weighted by Gasteiger charge is 2.36. The fraction of sp³-hybridized carbons (Fsp3) is 0.500. The van der Waals surface area contributed by atoms with E-state index in [1.54, 1.807) is 0 Å². The standard InChI is InChI=1S/C28H35F2N3O3/c1-3-27(34)32-15-14-21-9-6-10-22(33(21)28(35)19-36-2)17-31(16-20-8-4-5-13-26(20)32)18-23-24(29)11-7-12-25(23)30/h4-5,7-8,11-13,21-22H,3,6,9-10,14-19H2,1-2H3. The highest BCUT2D eigenvalue weighted by Crippen LogP contribution is 2.31. The maximum Gasteiger partial charge on any atom is 0.249 e. The number of carbonyl (C=O) groups excluding carboxylic acids is 2. The van der Waals surface area contributed by atoms with Gasteiger partial charge in [0.1, 0.15) is 18.2 Å². The predicted molar refractivity (Wildman–Crippen MR) is 134 cm³/mol. The molecule has 0 aliphatic carbocycles. The monoisotopic (exact) mass is 499 g/mol. The molecule has 36 heavy (non-hydrogen) atoms. The minimum absolute atomic E-state index is 0.00784. The van der Waals surface area contributed by atoms with Gasteiger partial charge >= 0.3 is 0 Å². The van der Waals surface area contributed by atoms with Gasteiger partial charge in [-0.05, 0) is 49.4 Å². The van der Waals surface area contributed by atoms with Crippen molar-refractivity contribution in [3.8, 4) is 0 Å². The van der Waals surface area contributed by atoms with Crippen LogP contribution in [0.5, 0.6) is 0 Å². The summed E-state index contributed by atoms with van der Waals surface area (Å²) in [5.74, 6) is -1.26. The third-order valence-electron chi connectivity index (χ3n) is 7.30. The van der Waals surface area contributed by atoms with E-state index in [9.17, 15) is 18.4 Å². The maximum absolute atomic E-state index is 14.7. The number of carbonyl (C=O) groups is 2. The minimum atomic E-state index is -0.589. The molecule has 0 aromatic heterocycles. The second kappa shape index (κ2) is 11.9. The molecule has 2 aromatic carbocycles. The van der Waals surface area contributed by atoms with E-state index in [1.165, 1.54) is 25.3 Å².